The molecule has 30 heavy (non-hydrogen) atoms. The van der Waals surface area contributed by atoms with Crippen molar-refractivity contribution in [1.82, 2.24) is 5.32 Å². The Morgan fingerprint density at radius 3 is 2.43 bits per heavy atom. The molecule has 0 fully saturated rings. The van der Waals surface area contributed by atoms with Gasteiger partial charge in [-0.05, 0) is 29.8 Å². The summed E-state index contributed by atoms with van der Waals surface area (Å²) in [5.41, 5.74) is 1.04. The molecule has 0 radical (unpaired) electrons. The van der Waals surface area contributed by atoms with Gasteiger partial charge >= 0.3 is 11.7 Å². The fourth-order valence-electron chi connectivity index (χ4n) is 2.61. The second-order valence-corrected chi connectivity index (χ2v) is 6.18. The smallest absolute Gasteiger partial charge is 0.349 e. The summed E-state index contributed by atoms with van der Waals surface area (Å²) in [4.78, 5) is 34.7. The Balaban J connectivity index is 1.56. The lowest BCUT2D eigenvalue weighted by atomic mass is 10.2. The Morgan fingerprint density at radius 2 is 1.67 bits per heavy atom. The van der Waals surface area contributed by atoms with E-state index in [4.69, 9.17) is 9.47 Å². The van der Waals surface area contributed by atoms with Crippen molar-refractivity contribution in [2.24, 2.45) is 0 Å². The van der Waals surface area contributed by atoms with Crippen molar-refractivity contribution in [3.05, 3.63) is 100 Å². The third-order valence-corrected chi connectivity index (χ3v) is 4.03. The number of para-hydroxylation sites is 2. The van der Waals surface area contributed by atoms with Crippen molar-refractivity contribution in [1.29, 1.82) is 0 Å². The highest BCUT2D eigenvalue weighted by Gasteiger charge is 2.16. The molecule has 0 aromatic heterocycles. The lowest BCUT2D eigenvalue weighted by Crippen LogP contribution is -2.23. The van der Waals surface area contributed by atoms with Gasteiger partial charge in [0.2, 0.25) is 0 Å². The van der Waals surface area contributed by atoms with E-state index in [0.717, 1.165) is 5.56 Å². The average Bonchev–Trinajstić information content (AvgIpc) is 2.77. The van der Waals surface area contributed by atoms with E-state index in [2.05, 4.69) is 5.32 Å². The largest absolute Gasteiger partial charge is 0.475 e. The minimum absolute atomic E-state index is 0.0338. The maximum absolute atomic E-state index is 12.3. The third-order valence-electron chi connectivity index (χ3n) is 4.03. The van der Waals surface area contributed by atoms with Crippen LogP contribution in [0.15, 0.2) is 78.9 Å². The molecule has 0 atom stereocenters. The minimum Gasteiger partial charge on any atom is -0.475 e. The van der Waals surface area contributed by atoms with Crippen LogP contribution in [0.3, 0.4) is 0 Å². The molecular formula is C22H18N2O6. The number of hydrogen-bond donors (Lipinski definition) is 1. The number of nitro groups is 1. The predicted molar refractivity (Wildman–Crippen MR) is 108 cm³/mol. The Bertz CT molecular complexity index is 1050. The minimum atomic E-state index is -0.755. The van der Waals surface area contributed by atoms with E-state index in [1.54, 1.807) is 18.2 Å². The van der Waals surface area contributed by atoms with E-state index in [1.807, 2.05) is 30.3 Å². The van der Waals surface area contributed by atoms with Crippen molar-refractivity contribution >= 4 is 17.6 Å². The highest BCUT2D eigenvalue weighted by Crippen LogP contribution is 2.25. The number of esters is 1. The van der Waals surface area contributed by atoms with E-state index in [0.29, 0.717) is 12.1 Å². The predicted octanol–water partition coefficient (Wildman–Crippen LogP) is 3.51. The molecule has 3 aromatic rings. The fourth-order valence-corrected chi connectivity index (χ4v) is 2.61. The molecule has 0 saturated carbocycles. The van der Waals surface area contributed by atoms with E-state index in [9.17, 15) is 19.7 Å². The zero-order valence-corrected chi connectivity index (χ0v) is 15.8. The summed E-state index contributed by atoms with van der Waals surface area (Å²) in [6, 6.07) is 21.3. The van der Waals surface area contributed by atoms with Gasteiger partial charge in [-0.2, -0.15) is 0 Å². The van der Waals surface area contributed by atoms with Crippen LogP contribution in [-0.2, 0) is 11.3 Å². The van der Waals surface area contributed by atoms with Crippen molar-refractivity contribution in [2.45, 2.75) is 6.54 Å². The third kappa shape index (κ3) is 5.65. The molecule has 8 heteroatoms. The topological polar surface area (TPSA) is 108 Å². The van der Waals surface area contributed by atoms with Gasteiger partial charge in [0.1, 0.15) is 5.75 Å². The summed E-state index contributed by atoms with van der Waals surface area (Å²) in [5.74, 6) is -0.935. The number of carbonyl (C=O) groups excluding carboxylic acids is 2. The van der Waals surface area contributed by atoms with E-state index >= 15 is 0 Å². The zero-order valence-electron chi connectivity index (χ0n) is 15.8. The van der Waals surface area contributed by atoms with Crippen molar-refractivity contribution in [3.8, 4) is 11.5 Å². The lowest BCUT2D eigenvalue weighted by molar-refractivity contribution is -0.385. The standard InChI is InChI=1S/C22H18N2O6/c25-21(15-29-20-12-5-4-11-19(20)24(27)28)30-18-10-6-9-17(13-18)22(26)23-14-16-7-2-1-3-8-16/h1-13H,14-15H2,(H,23,26). The van der Waals surface area contributed by atoms with Crippen molar-refractivity contribution < 1.29 is 24.0 Å². The molecular weight excluding hydrogens is 388 g/mol. The van der Waals surface area contributed by atoms with Crippen LogP contribution in [-0.4, -0.2) is 23.4 Å². The molecule has 0 unspecified atom stereocenters. The molecule has 3 aromatic carbocycles. The number of hydrogen-bond acceptors (Lipinski definition) is 6. The molecule has 152 valence electrons. The lowest BCUT2D eigenvalue weighted by Gasteiger charge is -2.09. The summed E-state index contributed by atoms with van der Waals surface area (Å²) in [5, 5.41) is 13.8. The van der Waals surface area contributed by atoms with Gasteiger partial charge in [-0.15, -0.1) is 0 Å². The fraction of sp³-hybridized carbons (Fsp3) is 0.0909. The SMILES string of the molecule is O=C(COc1ccccc1[N+](=O)[O-])Oc1cccc(C(=O)NCc2ccccc2)c1. The van der Waals surface area contributed by atoms with E-state index in [1.165, 1.54) is 30.3 Å². The number of ether oxygens (including phenoxy) is 2. The summed E-state index contributed by atoms with van der Waals surface area (Å²) >= 11 is 0. The van der Waals surface area contributed by atoms with Crippen LogP contribution in [0.5, 0.6) is 11.5 Å². The van der Waals surface area contributed by atoms with Crippen LogP contribution in [0.25, 0.3) is 0 Å². The van der Waals surface area contributed by atoms with Crippen LogP contribution in [0.1, 0.15) is 15.9 Å². The molecule has 0 aliphatic heterocycles. The maximum Gasteiger partial charge on any atom is 0.349 e. The van der Waals surface area contributed by atoms with Crippen molar-refractivity contribution in [2.75, 3.05) is 6.61 Å². The maximum atomic E-state index is 12.3. The second-order valence-electron chi connectivity index (χ2n) is 6.18. The Morgan fingerprint density at radius 1 is 0.933 bits per heavy atom. The summed E-state index contributed by atoms with van der Waals surface area (Å²) in [6.45, 7) is -0.150. The summed E-state index contributed by atoms with van der Waals surface area (Å²) < 4.78 is 10.4. The van der Waals surface area contributed by atoms with Gasteiger partial charge in [-0.1, -0.05) is 48.5 Å². The van der Waals surface area contributed by atoms with Gasteiger partial charge in [-0.25, -0.2) is 4.79 Å². The first-order chi connectivity index (χ1) is 14.5. The molecule has 0 heterocycles. The number of rotatable bonds is 8. The highest BCUT2D eigenvalue weighted by molar-refractivity contribution is 5.94. The number of carbonyl (C=O) groups is 2. The van der Waals surface area contributed by atoms with Crippen LogP contribution in [0, 0.1) is 10.1 Å². The molecule has 0 spiro atoms. The van der Waals surface area contributed by atoms with Gasteiger partial charge in [0.25, 0.3) is 5.91 Å². The van der Waals surface area contributed by atoms with E-state index < -0.39 is 17.5 Å². The van der Waals surface area contributed by atoms with Crippen LogP contribution in [0.4, 0.5) is 5.69 Å². The first kappa shape index (κ1) is 20.5. The number of nitrogens with one attached hydrogen (secondary N) is 1. The molecule has 0 aliphatic carbocycles. The van der Waals surface area contributed by atoms with Crippen LogP contribution >= 0.6 is 0 Å². The number of nitrogens with zero attached hydrogens (tertiary/aromatic N) is 1. The molecule has 1 N–H and O–H groups in total. The van der Waals surface area contributed by atoms with Crippen LogP contribution in [0.2, 0.25) is 0 Å². The van der Waals surface area contributed by atoms with Gasteiger partial charge in [-0.3, -0.25) is 14.9 Å². The molecule has 0 bridgehead atoms. The van der Waals surface area contributed by atoms with Gasteiger partial charge in [0.15, 0.2) is 12.4 Å². The summed E-state index contributed by atoms with van der Waals surface area (Å²) in [7, 11) is 0. The molecule has 0 saturated heterocycles. The monoisotopic (exact) mass is 406 g/mol. The summed E-state index contributed by atoms with van der Waals surface area (Å²) in [6.07, 6.45) is 0. The van der Waals surface area contributed by atoms with Gasteiger partial charge < -0.3 is 14.8 Å². The quantitative estimate of drug-likeness (QED) is 0.265. The number of benzene rings is 3. The normalized spacial score (nSPS) is 10.1. The van der Waals surface area contributed by atoms with Gasteiger partial charge in [0, 0.05) is 18.2 Å². The zero-order chi connectivity index (χ0) is 21.3. The highest BCUT2D eigenvalue weighted by atomic mass is 16.6. The second kappa shape index (κ2) is 9.83. The molecule has 0 aliphatic rings. The number of amides is 1. The Hall–Kier alpha value is -4.20. The van der Waals surface area contributed by atoms with Crippen molar-refractivity contribution in [3.63, 3.8) is 0 Å². The molecule has 3 rings (SSSR count). The molecule has 1 amide bonds. The van der Waals surface area contributed by atoms with Gasteiger partial charge in [0.05, 0.1) is 4.92 Å². The molecule has 8 nitrogen and oxygen atoms in total. The first-order valence-corrected chi connectivity index (χ1v) is 9.02. The number of nitro benzene ring substituents is 1. The first-order valence-electron chi connectivity index (χ1n) is 9.02. The average molecular weight is 406 g/mol. The Labute approximate surface area is 172 Å². The Kier molecular flexibility index (Phi) is 6.73. The van der Waals surface area contributed by atoms with E-state index in [-0.39, 0.29) is 23.1 Å². The van der Waals surface area contributed by atoms with Crippen LogP contribution < -0.4 is 14.8 Å².